The quantitative estimate of drug-likeness (QED) is 0.933. The molecule has 1 aliphatic heterocycles. The third-order valence-corrected chi connectivity index (χ3v) is 3.93. The summed E-state index contributed by atoms with van der Waals surface area (Å²) in [6, 6.07) is 9.42. The first-order valence-electron chi connectivity index (χ1n) is 7.24. The van der Waals surface area contributed by atoms with Gasteiger partial charge in [-0.1, -0.05) is 18.2 Å². The standard InChI is InChI=1S/C16H17N3O3/c17-14(20)11-6-8-19(9-7-11)16(21)13-10-22-15(18-13)12-4-2-1-3-5-12/h1-5,10-11H,6-9H2,(H2,17,20). The van der Waals surface area contributed by atoms with Gasteiger partial charge >= 0.3 is 0 Å². The Balaban J connectivity index is 1.69. The molecule has 0 bridgehead atoms. The van der Waals surface area contributed by atoms with Gasteiger partial charge in [-0.3, -0.25) is 9.59 Å². The SMILES string of the molecule is NC(=O)C1CCN(C(=O)c2coc(-c3ccccc3)n2)CC1. The summed E-state index contributed by atoms with van der Waals surface area (Å²) in [5.41, 5.74) is 6.41. The maximum atomic E-state index is 12.4. The minimum absolute atomic E-state index is 0.138. The first-order chi connectivity index (χ1) is 10.6. The van der Waals surface area contributed by atoms with Gasteiger partial charge in [-0.05, 0) is 25.0 Å². The third kappa shape index (κ3) is 2.86. The summed E-state index contributed by atoms with van der Waals surface area (Å²) >= 11 is 0. The zero-order valence-corrected chi connectivity index (χ0v) is 12.1. The minimum Gasteiger partial charge on any atom is -0.444 e. The van der Waals surface area contributed by atoms with Gasteiger partial charge in [-0.2, -0.15) is 0 Å². The molecule has 2 aromatic rings. The fourth-order valence-corrected chi connectivity index (χ4v) is 2.61. The summed E-state index contributed by atoms with van der Waals surface area (Å²) in [5, 5.41) is 0. The van der Waals surface area contributed by atoms with E-state index in [9.17, 15) is 9.59 Å². The summed E-state index contributed by atoms with van der Waals surface area (Å²) in [5.74, 6) is -0.175. The highest BCUT2D eigenvalue weighted by atomic mass is 16.3. The first kappa shape index (κ1) is 14.3. The van der Waals surface area contributed by atoms with Crippen LogP contribution in [-0.2, 0) is 4.79 Å². The van der Waals surface area contributed by atoms with E-state index in [1.165, 1.54) is 6.26 Å². The van der Waals surface area contributed by atoms with Gasteiger partial charge in [-0.25, -0.2) is 4.98 Å². The molecule has 1 aliphatic rings. The number of carbonyl (C=O) groups excluding carboxylic acids is 2. The zero-order valence-electron chi connectivity index (χ0n) is 12.1. The van der Waals surface area contributed by atoms with Crippen molar-refractivity contribution in [3.05, 3.63) is 42.3 Å². The van der Waals surface area contributed by atoms with Crippen LogP contribution in [0, 0.1) is 5.92 Å². The minimum atomic E-state index is -0.292. The Morgan fingerprint density at radius 2 is 1.86 bits per heavy atom. The van der Waals surface area contributed by atoms with Crippen molar-refractivity contribution in [2.45, 2.75) is 12.8 Å². The van der Waals surface area contributed by atoms with Crippen LogP contribution in [0.15, 0.2) is 41.0 Å². The normalized spacial score (nSPS) is 15.7. The topological polar surface area (TPSA) is 89.4 Å². The van der Waals surface area contributed by atoms with Crippen molar-refractivity contribution in [1.82, 2.24) is 9.88 Å². The van der Waals surface area contributed by atoms with Crippen LogP contribution in [-0.4, -0.2) is 34.8 Å². The van der Waals surface area contributed by atoms with E-state index in [1.54, 1.807) is 4.90 Å². The second-order valence-corrected chi connectivity index (χ2v) is 5.37. The van der Waals surface area contributed by atoms with E-state index in [1.807, 2.05) is 30.3 Å². The highest BCUT2D eigenvalue weighted by Crippen LogP contribution is 2.21. The molecule has 0 unspecified atom stereocenters. The second-order valence-electron chi connectivity index (χ2n) is 5.37. The van der Waals surface area contributed by atoms with Gasteiger partial charge < -0.3 is 15.1 Å². The van der Waals surface area contributed by atoms with E-state index in [0.717, 1.165) is 5.56 Å². The predicted octanol–water partition coefficient (Wildman–Crippen LogP) is 1.68. The molecule has 0 saturated carbocycles. The van der Waals surface area contributed by atoms with Gasteiger partial charge in [0.1, 0.15) is 6.26 Å². The predicted molar refractivity (Wildman–Crippen MR) is 79.8 cm³/mol. The Morgan fingerprint density at radius 3 is 2.50 bits per heavy atom. The lowest BCUT2D eigenvalue weighted by atomic mass is 9.96. The van der Waals surface area contributed by atoms with Crippen molar-refractivity contribution in [2.24, 2.45) is 11.7 Å². The molecular formula is C16H17N3O3. The van der Waals surface area contributed by atoms with Crippen LogP contribution in [0.1, 0.15) is 23.3 Å². The summed E-state index contributed by atoms with van der Waals surface area (Å²) in [4.78, 5) is 29.5. The molecule has 2 N–H and O–H groups in total. The maximum Gasteiger partial charge on any atom is 0.275 e. The van der Waals surface area contributed by atoms with Crippen LogP contribution in [0.5, 0.6) is 0 Å². The number of hydrogen-bond acceptors (Lipinski definition) is 4. The maximum absolute atomic E-state index is 12.4. The van der Waals surface area contributed by atoms with Crippen LogP contribution < -0.4 is 5.73 Å². The number of benzene rings is 1. The Bertz CT molecular complexity index is 673. The van der Waals surface area contributed by atoms with Crippen molar-refractivity contribution < 1.29 is 14.0 Å². The van der Waals surface area contributed by atoms with Crippen LogP contribution in [0.25, 0.3) is 11.5 Å². The Morgan fingerprint density at radius 1 is 1.18 bits per heavy atom. The molecule has 1 saturated heterocycles. The molecule has 2 heterocycles. The number of hydrogen-bond donors (Lipinski definition) is 1. The van der Waals surface area contributed by atoms with Crippen molar-refractivity contribution in [2.75, 3.05) is 13.1 Å². The summed E-state index contributed by atoms with van der Waals surface area (Å²) in [7, 11) is 0. The smallest absolute Gasteiger partial charge is 0.275 e. The molecule has 0 radical (unpaired) electrons. The largest absolute Gasteiger partial charge is 0.444 e. The van der Waals surface area contributed by atoms with Gasteiger partial charge in [0, 0.05) is 24.6 Å². The van der Waals surface area contributed by atoms with E-state index in [-0.39, 0.29) is 23.4 Å². The monoisotopic (exact) mass is 299 g/mol. The fourth-order valence-electron chi connectivity index (χ4n) is 2.61. The lowest BCUT2D eigenvalue weighted by Crippen LogP contribution is -2.41. The molecule has 1 fully saturated rings. The Hall–Kier alpha value is -2.63. The number of nitrogens with two attached hydrogens (primary N) is 1. The molecule has 1 aromatic heterocycles. The summed E-state index contributed by atoms with van der Waals surface area (Å²) < 4.78 is 5.39. The highest BCUT2D eigenvalue weighted by molar-refractivity contribution is 5.92. The van der Waals surface area contributed by atoms with Crippen LogP contribution >= 0.6 is 0 Å². The molecule has 6 heteroatoms. The van der Waals surface area contributed by atoms with Crippen molar-refractivity contribution in [3.8, 4) is 11.5 Å². The number of rotatable bonds is 3. The van der Waals surface area contributed by atoms with Crippen LogP contribution in [0.4, 0.5) is 0 Å². The van der Waals surface area contributed by atoms with Gasteiger partial charge in [0.25, 0.3) is 5.91 Å². The molecule has 0 atom stereocenters. The number of aromatic nitrogens is 1. The van der Waals surface area contributed by atoms with E-state index in [4.69, 9.17) is 10.2 Å². The van der Waals surface area contributed by atoms with Gasteiger partial charge in [0.15, 0.2) is 5.69 Å². The fraction of sp³-hybridized carbons (Fsp3) is 0.312. The lowest BCUT2D eigenvalue weighted by molar-refractivity contribution is -0.123. The number of primary amides is 1. The number of piperidine rings is 1. The summed E-state index contributed by atoms with van der Waals surface area (Å²) in [6.45, 7) is 1.03. The molecular weight excluding hydrogens is 282 g/mol. The van der Waals surface area contributed by atoms with Crippen molar-refractivity contribution in [1.29, 1.82) is 0 Å². The number of amides is 2. The van der Waals surface area contributed by atoms with Gasteiger partial charge in [0.2, 0.25) is 11.8 Å². The average Bonchev–Trinajstić information content (AvgIpc) is 3.05. The molecule has 2 amide bonds. The van der Waals surface area contributed by atoms with Gasteiger partial charge in [0.05, 0.1) is 0 Å². The molecule has 3 rings (SSSR count). The van der Waals surface area contributed by atoms with E-state index in [0.29, 0.717) is 31.8 Å². The Labute approximate surface area is 127 Å². The number of oxazole rings is 1. The van der Waals surface area contributed by atoms with E-state index < -0.39 is 0 Å². The Kier molecular flexibility index (Phi) is 3.91. The van der Waals surface area contributed by atoms with E-state index >= 15 is 0 Å². The molecule has 6 nitrogen and oxygen atoms in total. The lowest BCUT2D eigenvalue weighted by Gasteiger charge is -2.29. The molecule has 0 spiro atoms. The molecule has 0 aliphatic carbocycles. The van der Waals surface area contributed by atoms with Crippen LogP contribution in [0.2, 0.25) is 0 Å². The summed E-state index contributed by atoms with van der Waals surface area (Å²) in [6.07, 6.45) is 2.58. The average molecular weight is 299 g/mol. The molecule has 1 aromatic carbocycles. The number of carbonyl (C=O) groups is 2. The highest BCUT2D eigenvalue weighted by Gasteiger charge is 2.27. The van der Waals surface area contributed by atoms with Gasteiger partial charge in [-0.15, -0.1) is 0 Å². The second kappa shape index (κ2) is 6.01. The van der Waals surface area contributed by atoms with Crippen molar-refractivity contribution >= 4 is 11.8 Å². The molecule has 114 valence electrons. The first-order valence-corrected chi connectivity index (χ1v) is 7.24. The number of likely N-dealkylation sites (tertiary alicyclic amines) is 1. The van der Waals surface area contributed by atoms with Crippen LogP contribution in [0.3, 0.4) is 0 Å². The third-order valence-electron chi connectivity index (χ3n) is 3.93. The number of nitrogens with zero attached hydrogens (tertiary/aromatic N) is 2. The zero-order chi connectivity index (χ0) is 15.5. The van der Waals surface area contributed by atoms with Crippen molar-refractivity contribution in [3.63, 3.8) is 0 Å². The molecule has 22 heavy (non-hydrogen) atoms. The van der Waals surface area contributed by atoms with E-state index in [2.05, 4.69) is 4.98 Å².